The Kier molecular flexibility index (Phi) is 5.23. The summed E-state index contributed by atoms with van der Waals surface area (Å²) in [5, 5.41) is 3.92. The number of carbonyl (C=O) groups is 1. The molecule has 1 rings (SSSR count). The Balaban J connectivity index is 2.15. The summed E-state index contributed by atoms with van der Waals surface area (Å²) in [6, 6.07) is 0. The van der Waals surface area contributed by atoms with Gasteiger partial charge in [-0.25, -0.2) is 4.98 Å². The van der Waals surface area contributed by atoms with Gasteiger partial charge in [-0.2, -0.15) is 0 Å². The normalized spacial score (nSPS) is 10.2. The molecule has 0 spiro atoms. The standard InChI is InChI=1S/C9H12BrNOS/c10-5-1-2-8(12)3-4-9-11-6-7-13-9/h6-7H,1-5H2. The maximum atomic E-state index is 11.3. The maximum absolute atomic E-state index is 11.3. The second-order valence-corrected chi connectivity index (χ2v) is 4.53. The highest BCUT2D eigenvalue weighted by atomic mass is 79.9. The van der Waals surface area contributed by atoms with Gasteiger partial charge < -0.3 is 0 Å². The van der Waals surface area contributed by atoms with Gasteiger partial charge in [0.15, 0.2) is 0 Å². The van der Waals surface area contributed by atoms with Crippen LogP contribution in [0.1, 0.15) is 24.3 Å². The average molecular weight is 262 g/mol. The van der Waals surface area contributed by atoms with Crippen LogP contribution in [0, 0.1) is 0 Å². The third-order valence-corrected chi connectivity index (χ3v) is 3.09. The van der Waals surface area contributed by atoms with Gasteiger partial charge in [-0.05, 0) is 6.42 Å². The van der Waals surface area contributed by atoms with Crippen molar-refractivity contribution in [3.8, 4) is 0 Å². The lowest BCUT2D eigenvalue weighted by molar-refractivity contribution is -0.119. The summed E-state index contributed by atoms with van der Waals surface area (Å²) in [6.07, 6.45) is 4.86. The van der Waals surface area contributed by atoms with E-state index < -0.39 is 0 Å². The summed E-state index contributed by atoms with van der Waals surface area (Å²) in [5.41, 5.74) is 0. The van der Waals surface area contributed by atoms with E-state index in [0.29, 0.717) is 18.6 Å². The smallest absolute Gasteiger partial charge is 0.133 e. The van der Waals surface area contributed by atoms with Crippen LogP contribution in [0.2, 0.25) is 0 Å². The Bertz CT molecular complexity index is 248. The Labute approximate surface area is 90.5 Å². The molecule has 0 aliphatic rings. The van der Waals surface area contributed by atoms with Crippen molar-refractivity contribution in [2.75, 3.05) is 5.33 Å². The number of hydrogen-bond donors (Lipinski definition) is 0. The van der Waals surface area contributed by atoms with E-state index in [9.17, 15) is 4.79 Å². The molecule has 1 heterocycles. The van der Waals surface area contributed by atoms with Crippen LogP contribution < -0.4 is 0 Å². The minimum atomic E-state index is 0.342. The highest BCUT2D eigenvalue weighted by molar-refractivity contribution is 9.09. The van der Waals surface area contributed by atoms with E-state index >= 15 is 0 Å². The summed E-state index contributed by atoms with van der Waals surface area (Å²) >= 11 is 4.92. The molecule has 0 radical (unpaired) electrons. The second-order valence-electron chi connectivity index (χ2n) is 2.76. The van der Waals surface area contributed by atoms with Gasteiger partial charge in [-0.3, -0.25) is 4.79 Å². The molecule has 0 fully saturated rings. The summed E-state index contributed by atoms with van der Waals surface area (Å²) in [5.74, 6) is 0.342. The zero-order valence-corrected chi connectivity index (χ0v) is 9.73. The number of ketones is 1. The summed E-state index contributed by atoms with van der Waals surface area (Å²) < 4.78 is 0. The van der Waals surface area contributed by atoms with Crippen molar-refractivity contribution in [2.24, 2.45) is 0 Å². The van der Waals surface area contributed by atoms with Crippen LogP contribution in [0.3, 0.4) is 0 Å². The Morgan fingerprint density at radius 2 is 2.38 bits per heavy atom. The van der Waals surface area contributed by atoms with Crippen molar-refractivity contribution in [1.82, 2.24) is 4.98 Å². The van der Waals surface area contributed by atoms with Crippen molar-refractivity contribution in [1.29, 1.82) is 0 Å². The monoisotopic (exact) mass is 261 g/mol. The van der Waals surface area contributed by atoms with Crippen LogP contribution in [0.25, 0.3) is 0 Å². The van der Waals surface area contributed by atoms with Crippen LogP contribution in [-0.4, -0.2) is 16.1 Å². The van der Waals surface area contributed by atoms with E-state index in [1.165, 1.54) is 0 Å². The molecule has 0 atom stereocenters. The molecule has 1 aromatic rings. The number of aryl methyl sites for hydroxylation is 1. The lowest BCUT2D eigenvalue weighted by Gasteiger charge is -1.96. The number of alkyl halides is 1. The van der Waals surface area contributed by atoms with Gasteiger partial charge in [0.05, 0.1) is 5.01 Å². The zero-order valence-electron chi connectivity index (χ0n) is 7.33. The van der Waals surface area contributed by atoms with Crippen LogP contribution in [0.5, 0.6) is 0 Å². The van der Waals surface area contributed by atoms with Gasteiger partial charge in [0.25, 0.3) is 0 Å². The van der Waals surface area contributed by atoms with Gasteiger partial charge in [0.1, 0.15) is 5.78 Å². The third kappa shape index (κ3) is 4.52. The molecule has 0 saturated heterocycles. The van der Waals surface area contributed by atoms with Crippen molar-refractivity contribution >= 4 is 33.0 Å². The third-order valence-electron chi connectivity index (χ3n) is 1.69. The Hall–Kier alpha value is -0.220. The highest BCUT2D eigenvalue weighted by Gasteiger charge is 2.03. The molecule has 0 unspecified atom stereocenters. The molecule has 0 bridgehead atoms. The van der Waals surface area contributed by atoms with E-state index in [-0.39, 0.29) is 0 Å². The minimum Gasteiger partial charge on any atom is -0.300 e. The molecule has 0 aliphatic heterocycles. The van der Waals surface area contributed by atoms with E-state index in [1.807, 2.05) is 5.38 Å². The number of hydrogen-bond acceptors (Lipinski definition) is 3. The Morgan fingerprint density at radius 1 is 1.54 bits per heavy atom. The first-order valence-electron chi connectivity index (χ1n) is 4.29. The number of aromatic nitrogens is 1. The molecule has 2 nitrogen and oxygen atoms in total. The summed E-state index contributed by atoms with van der Waals surface area (Å²) in [7, 11) is 0. The first kappa shape index (κ1) is 10.9. The minimum absolute atomic E-state index is 0.342. The highest BCUT2D eigenvalue weighted by Crippen LogP contribution is 2.08. The zero-order chi connectivity index (χ0) is 9.52. The molecule has 13 heavy (non-hydrogen) atoms. The van der Waals surface area contributed by atoms with Gasteiger partial charge >= 0.3 is 0 Å². The number of nitrogens with zero attached hydrogens (tertiary/aromatic N) is 1. The molecule has 0 amide bonds. The predicted molar refractivity (Wildman–Crippen MR) is 58.5 cm³/mol. The topological polar surface area (TPSA) is 30.0 Å². The lowest BCUT2D eigenvalue weighted by atomic mass is 10.1. The number of rotatable bonds is 6. The molecule has 0 saturated carbocycles. The second kappa shape index (κ2) is 6.27. The van der Waals surface area contributed by atoms with Crippen molar-refractivity contribution in [2.45, 2.75) is 25.7 Å². The van der Waals surface area contributed by atoms with Crippen LogP contribution in [0.15, 0.2) is 11.6 Å². The maximum Gasteiger partial charge on any atom is 0.133 e. The summed E-state index contributed by atoms with van der Waals surface area (Å²) in [6.45, 7) is 0. The molecule has 1 aromatic heterocycles. The number of halogens is 1. The molecule has 72 valence electrons. The van der Waals surface area contributed by atoms with Crippen LogP contribution in [-0.2, 0) is 11.2 Å². The van der Waals surface area contributed by atoms with Crippen molar-refractivity contribution in [3.05, 3.63) is 16.6 Å². The van der Waals surface area contributed by atoms with Crippen molar-refractivity contribution in [3.63, 3.8) is 0 Å². The van der Waals surface area contributed by atoms with Gasteiger partial charge in [0, 0.05) is 36.2 Å². The quantitative estimate of drug-likeness (QED) is 0.738. The summed E-state index contributed by atoms with van der Waals surface area (Å²) in [4.78, 5) is 15.4. The Morgan fingerprint density at radius 3 is 3.00 bits per heavy atom. The van der Waals surface area contributed by atoms with E-state index in [2.05, 4.69) is 20.9 Å². The van der Waals surface area contributed by atoms with Gasteiger partial charge in [0.2, 0.25) is 0 Å². The first-order chi connectivity index (χ1) is 6.33. The lowest BCUT2D eigenvalue weighted by Crippen LogP contribution is -2.00. The van der Waals surface area contributed by atoms with Gasteiger partial charge in [-0.15, -0.1) is 11.3 Å². The fourth-order valence-corrected chi connectivity index (χ4v) is 1.91. The predicted octanol–water partition coefficient (Wildman–Crippen LogP) is 2.82. The molecule has 0 aromatic carbocycles. The van der Waals surface area contributed by atoms with E-state index in [0.717, 1.165) is 23.2 Å². The largest absolute Gasteiger partial charge is 0.300 e. The fourth-order valence-electron chi connectivity index (χ4n) is 1.01. The molecule has 0 aliphatic carbocycles. The fraction of sp³-hybridized carbons (Fsp3) is 0.556. The molecular weight excluding hydrogens is 250 g/mol. The van der Waals surface area contributed by atoms with Crippen LogP contribution >= 0.6 is 27.3 Å². The SMILES string of the molecule is O=C(CCCBr)CCc1nccs1. The van der Waals surface area contributed by atoms with E-state index in [1.54, 1.807) is 17.5 Å². The number of carbonyl (C=O) groups excluding carboxylic acids is 1. The first-order valence-corrected chi connectivity index (χ1v) is 6.29. The number of Topliss-reactive ketones (excluding diaryl/α,β-unsaturated/α-hetero) is 1. The van der Waals surface area contributed by atoms with Crippen molar-refractivity contribution < 1.29 is 4.79 Å². The number of thiazole rings is 1. The molecule has 0 N–H and O–H groups in total. The van der Waals surface area contributed by atoms with Crippen LogP contribution in [0.4, 0.5) is 0 Å². The molecular formula is C9H12BrNOS. The van der Waals surface area contributed by atoms with E-state index in [4.69, 9.17) is 0 Å². The molecule has 4 heteroatoms. The van der Waals surface area contributed by atoms with Gasteiger partial charge in [-0.1, -0.05) is 15.9 Å². The average Bonchev–Trinajstić information content (AvgIpc) is 2.64.